The maximum atomic E-state index is 12.0. The molecule has 4 heteroatoms. The van der Waals surface area contributed by atoms with Gasteiger partial charge in [0.05, 0.1) is 5.52 Å². The van der Waals surface area contributed by atoms with E-state index in [1.807, 2.05) is 65.4 Å². The highest BCUT2D eigenvalue weighted by Crippen LogP contribution is 2.21. The zero-order valence-corrected chi connectivity index (χ0v) is 11.6. The first kappa shape index (κ1) is 13.2. The minimum absolute atomic E-state index is 0.0150. The minimum atomic E-state index is -0.0150. The van der Waals surface area contributed by atoms with E-state index in [1.165, 1.54) is 0 Å². The van der Waals surface area contributed by atoms with E-state index in [-0.39, 0.29) is 5.91 Å². The van der Waals surface area contributed by atoms with Crippen LogP contribution in [0, 0.1) is 0 Å². The molecule has 21 heavy (non-hydrogen) atoms. The summed E-state index contributed by atoms with van der Waals surface area (Å²) in [5, 5.41) is 3.91. The van der Waals surface area contributed by atoms with Gasteiger partial charge in [-0.15, -0.1) is 0 Å². The first-order valence-corrected chi connectivity index (χ1v) is 6.88. The normalized spacial score (nSPS) is 10.7. The van der Waals surface area contributed by atoms with Crippen LogP contribution in [0.4, 0.5) is 5.69 Å². The van der Waals surface area contributed by atoms with Gasteiger partial charge in [0.15, 0.2) is 0 Å². The molecule has 106 valence electrons. The predicted octanol–water partition coefficient (Wildman–Crippen LogP) is 2.54. The number of anilines is 1. The summed E-state index contributed by atoms with van der Waals surface area (Å²) < 4.78 is 1.91. The molecule has 0 unspecified atom stereocenters. The lowest BCUT2D eigenvalue weighted by Crippen LogP contribution is -2.26. The molecule has 0 spiro atoms. The fourth-order valence-electron chi connectivity index (χ4n) is 2.39. The number of amides is 1. The molecule has 0 fully saturated rings. The van der Waals surface area contributed by atoms with Gasteiger partial charge in [0.1, 0.15) is 6.54 Å². The number of rotatable bonds is 4. The molecule has 3 aromatic rings. The van der Waals surface area contributed by atoms with Crippen LogP contribution in [0.2, 0.25) is 0 Å². The zero-order valence-electron chi connectivity index (χ0n) is 11.6. The van der Waals surface area contributed by atoms with E-state index in [4.69, 9.17) is 5.73 Å². The van der Waals surface area contributed by atoms with Crippen LogP contribution in [-0.4, -0.2) is 10.5 Å². The van der Waals surface area contributed by atoms with Crippen molar-refractivity contribution in [1.29, 1.82) is 0 Å². The largest absolute Gasteiger partial charge is 0.398 e. The third-order valence-electron chi connectivity index (χ3n) is 3.49. The van der Waals surface area contributed by atoms with Crippen molar-refractivity contribution in [3.05, 3.63) is 66.4 Å². The van der Waals surface area contributed by atoms with E-state index in [0.717, 1.165) is 22.2 Å². The van der Waals surface area contributed by atoms with Crippen LogP contribution in [0.3, 0.4) is 0 Å². The maximum absolute atomic E-state index is 12.0. The Hall–Kier alpha value is -2.75. The monoisotopic (exact) mass is 279 g/mol. The third-order valence-corrected chi connectivity index (χ3v) is 3.49. The van der Waals surface area contributed by atoms with Gasteiger partial charge < -0.3 is 15.6 Å². The number of nitrogen functional groups attached to an aromatic ring is 1. The smallest absolute Gasteiger partial charge is 0.240 e. The summed E-state index contributed by atoms with van der Waals surface area (Å²) in [6.07, 6.45) is 1.89. The summed E-state index contributed by atoms with van der Waals surface area (Å²) in [4.78, 5) is 12.0. The van der Waals surface area contributed by atoms with Crippen molar-refractivity contribution in [2.75, 3.05) is 5.73 Å². The van der Waals surface area contributed by atoms with Gasteiger partial charge in [0.25, 0.3) is 0 Å². The number of carbonyl (C=O) groups is 1. The molecule has 0 bridgehead atoms. The van der Waals surface area contributed by atoms with Gasteiger partial charge in [0, 0.05) is 23.8 Å². The lowest BCUT2D eigenvalue weighted by atomic mass is 10.2. The summed E-state index contributed by atoms with van der Waals surface area (Å²) in [6.45, 7) is 0.834. The average molecular weight is 279 g/mol. The molecule has 0 saturated carbocycles. The highest BCUT2D eigenvalue weighted by molar-refractivity contribution is 5.92. The maximum Gasteiger partial charge on any atom is 0.240 e. The van der Waals surface area contributed by atoms with Gasteiger partial charge in [-0.05, 0) is 23.8 Å². The van der Waals surface area contributed by atoms with Crippen LogP contribution >= 0.6 is 0 Å². The van der Waals surface area contributed by atoms with Crippen molar-refractivity contribution >= 4 is 22.5 Å². The molecule has 4 nitrogen and oxygen atoms in total. The van der Waals surface area contributed by atoms with Crippen LogP contribution in [-0.2, 0) is 17.9 Å². The molecule has 0 aliphatic rings. The highest BCUT2D eigenvalue weighted by Gasteiger charge is 2.07. The van der Waals surface area contributed by atoms with Gasteiger partial charge in [-0.25, -0.2) is 0 Å². The number of nitrogens with two attached hydrogens (primary N) is 1. The minimum Gasteiger partial charge on any atom is -0.398 e. The number of fused-ring (bicyclic) bond motifs is 1. The number of hydrogen-bond acceptors (Lipinski definition) is 2. The molecule has 0 saturated heterocycles. The lowest BCUT2D eigenvalue weighted by Gasteiger charge is -2.08. The number of benzene rings is 2. The van der Waals surface area contributed by atoms with Crippen LogP contribution in [0.15, 0.2) is 60.8 Å². The van der Waals surface area contributed by atoms with Gasteiger partial charge >= 0.3 is 0 Å². The summed E-state index contributed by atoms with van der Waals surface area (Å²) in [7, 11) is 0. The van der Waals surface area contributed by atoms with Crippen LogP contribution in [0.5, 0.6) is 0 Å². The molecule has 1 heterocycles. The average Bonchev–Trinajstić information content (AvgIpc) is 2.91. The predicted molar refractivity (Wildman–Crippen MR) is 84.6 cm³/mol. The van der Waals surface area contributed by atoms with Crippen molar-refractivity contribution in [1.82, 2.24) is 9.88 Å². The summed E-state index contributed by atoms with van der Waals surface area (Å²) in [5.74, 6) is -0.0150. The summed E-state index contributed by atoms with van der Waals surface area (Å²) in [5.41, 5.74) is 8.72. The van der Waals surface area contributed by atoms with Crippen molar-refractivity contribution in [3.8, 4) is 0 Å². The first-order chi connectivity index (χ1) is 10.2. The van der Waals surface area contributed by atoms with Crippen molar-refractivity contribution in [2.45, 2.75) is 13.1 Å². The summed E-state index contributed by atoms with van der Waals surface area (Å²) in [6, 6.07) is 17.5. The van der Waals surface area contributed by atoms with Gasteiger partial charge in [-0.1, -0.05) is 36.4 Å². The van der Waals surface area contributed by atoms with E-state index in [0.29, 0.717) is 13.1 Å². The second kappa shape index (κ2) is 5.71. The Balaban J connectivity index is 1.68. The van der Waals surface area contributed by atoms with Crippen molar-refractivity contribution in [3.63, 3.8) is 0 Å². The fraction of sp³-hybridized carbons (Fsp3) is 0.118. The Bertz CT molecular complexity index is 762. The standard InChI is InChI=1S/C17H17N3O/c18-15-7-4-8-16-14(15)9-10-20(16)12-17(21)19-11-13-5-2-1-3-6-13/h1-10H,11-12,18H2,(H,19,21). The molecular formula is C17H17N3O. The highest BCUT2D eigenvalue weighted by atomic mass is 16.1. The van der Waals surface area contributed by atoms with Crippen molar-refractivity contribution in [2.24, 2.45) is 0 Å². The number of carbonyl (C=O) groups excluding carboxylic acids is 1. The molecule has 3 N–H and O–H groups in total. The SMILES string of the molecule is Nc1cccc2c1ccn2CC(=O)NCc1ccccc1. The Morgan fingerprint density at radius 2 is 1.86 bits per heavy atom. The van der Waals surface area contributed by atoms with E-state index < -0.39 is 0 Å². The van der Waals surface area contributed by atoms with Gasteiger partial charge in [-0.2, -0.15) is 0 Å². The molecule has 0 aliphatic carbocycles. The quantitative estimate of drug-likeness (QED) is 0.721. The van der Waals surface area contributed by atoms with Crippen LogP contribution in [0.25, 0.3) is 10.9 Å². The van der Waals surface area contributed by atoms with Gasteiger partial charge in [-0.3, -0.25) is 4.79 Å². The fourth-order valence-corrected chi connectivity index (χ4v) is 2.39. The molecule has 0 atom stereocenters. The van der Waals surface area contributed by atoms with E-state index >= 15 is 0 Å². The third kappa shape index (κ3) is 2.89. The van der Waals surface area contributed by atoms with Gasteiger partial charge in [0.2, 0.25) is 5.91 Å². The Kier molecular flexibility index (Phi) is 3.60. The molecule has 3 rings (SSSR count). The Labute approximate surface area is 123 Å². The van der Waals surface area contributed by atoms with E-state index in [9.17, 15) is 4.79 Å². The molecule has 2 aromatic carbocycles. The summed E-state index contributed by atoms with van der Waals surface area (Å²) >= 11 is 0. The molecule has 0 aliphatic heterocycles. The zero-order chi connectivity index (χ0) is 14.7. The van der Waals surface area contributed by atoms with E-state index in [1.54, 1.807) is 0 Å². The van der Waals surface area contributed by atoms with Crippen molar-refractivity contribution < 1.29 is 4.79 Å². The second-order valence-electron chi connectivity index (χ2n) is 4.99. The number of hydrogen-bond donors (Lipinski definition) is 2. The first-order valence-electron chi connectivity index (χ1n) is 6.88. The molecule has 1 amide bonds. The number of nitrogens with zero attached hydrogens (tertiary/aromatic N) is 1. The Morgan fingerprint density at radius 1 is 1.05 bits per heavy atom. The topological polar surface area (TPSA) is 60.0 Å². The number of aromatic nitrogens is 1. The van der Waals surface area contributed by atoms with Crippen LogP contribution < -0.4 is 11.1 Å². The molecule has 1 aromatic heterocycles. The molecular weight excluding hydrogens is 262 g/mol. The van der Waals surface area contributed by atoms with E-state index in [2.05, 4.69) is 5.32 Å². The lowest BCUT2D eigenvalue weighted by molar-refractivity contribution is -0.121. The molecule has 0 radical (unpaired) electrons. The Morgan fingerprint density at radius 3 is 2.67 bits per heavy atom. The number of nitrogens with one attached hydrogen (secondary N) is 1. The second-order valence-corrected chi connectivity index (χ2v) is 4.99. The van der Waals surface area contributed by atoms with Crippen LogP contribution in [0.1, 0.15) is 5.56 Å².